The lowest BCUT2D eigenvalue weighted by molar-refractivity contribution is 0.0554. The molecule has 0 aliphatic rings. The predicted octanol–water partition coefficient (Wildman–Crippen LogP) is 9.16. The first-order valence-electron chi connectivity index (χ1n) is 14.9. The highest BCUT2D eigenvalue weighted by Gasteiger charge is 2.23. The quantitative estimate of drug-likeness (QED) is 0.113. The number of benzene rings is 4. The summed E-state index contributed by atoms with van der Waals surface area (Å²) in [5.74, 6) is 0.958. The van der Waals surface area contributed by atoms with E-state index in [0.717, 1.165) is 24.0 Å². The van der Waals surface area contributed by atoms with Gasteiger partial charge >= 0.3 is 6.16 Å². The summed E-state index contributed by atoms with van der Waals surface area (Å²) < 4.78 is 23.2. The van der Waals surface area contributed by atoms with Crippen LogP contribution in [0.1, 0.15) is 74.6 Å². The van der Waals surface area contributed by atoms with Gasteiger partial charge in [0.15, 0.2) is 0 Å². The van der Waals surface area contributed by atoms with Crippen LogP contribution in [0.25, 0.3) is 0 Å². The Labute approximate surface area is 250 Å². The Kier molecular flexibility index (Phi) is 11.7. The van der Waals surface area contributed by atoms with Crippen LogP contribution in [0.15, 0.2) is 109 Å². The van der Waals surface area contributed by atoms with Crippen molar-refractivity contribution in [2.24, 2.45) is 0 Å². The zero-order valence-corrected chi connectivity index (χ0v) is 25.1. The minimum absolute atomic E-state index is 0.00487. The highest BCUT2D eigenvalue weighted by Crippen LogP contribution is 2.33. The van der Waals surface area contributed by atoms with E-state index in [1.54, 1.807) is 24.3 Å². The second kappa shape index (κ2) is 15.9. The van der Waals surface area contributed by atoms with Crippen LogP contribution in [0.4, 0.5) is 4.79 Å². The Balaban J connectivity index is 1.42. The smallest absolute Gasteiger partial charge is 0.395 e. The SMILES string of the molecule is CCCOC(C)C(c1ccccc1)c1ccc(OC(=O)Oc2ccc(C(c3ccccc3)C(C)OCCC)cc2)cc1. The molecule has 4 aromatic rings. The molecule has 0 N–H and O–H groups in total. The van der Waals surface area contributed by atoms with Gasteiger partial charge in [0.1, 0.15) is 11.5 Å². The third-order valence-corrected chi connectivity index (χ3v) is 7.31. The van der Waals surface area contributed by atoms with E-state index in [1.165, 1.54) is 11.1 Å². The maximum absolute atomic E-state index is 12.6. The molecule has 0 amide bonds. The van der Waals surface area contributed by atoms with Crippen LogP contribution < -0.4 is 9.47 Å². The molecular formula is C37H42O5. The Hall–Kier alpha value is -3.93. The number of ether oxygens (including phenoxy) is 4. The van der Waals surface area contributed by atoms with Crippen molar-refractivity contribution in [2.75, 3.05) is 13.2 Å². The van der Waals surface area contributed by atoms with Crippen molar-refractivity contribution in [1.82, 2.24) is 0 Å². The van der Waals surface area contributed by atoms with Crippen molar-refractivity contribution in [3.8, 4) is 11.5 Å². The van der Waals surface area contributed by atoms with Crippen molar-refractivity contribution in [3.05, 3.63) is 131 Å². The first-order chi connectivity index (χ1) is 20.5. The standard InChI is InChI=1S/C37H42O5/c1-5-25-39-27(3)35(29-13-9-7-10-14-29)31-17-21-33(22-18-31)41-37(38)42-34-23-19-32(20-24-34)36(28(4)40-26-6-2)30-15-11-8-12-16-30/h7-24,27-28,35-36H,5-6,25-26H2,1-4H3. The van der Waals surface area contributed by atoms with E-state index >= 15 is 0 Å². The number of hydrogen-bond acceptors (Lipinski definition) is 5. The summed E-state index contributed by atoms with van der Waals surface area (Å²) >= 11 is 0. The summed E-state index contributed by atoms with van der Waals surface area (Å²) in [4.78, 5) is 12.6. The van der Waals surface area contributed by atoms with Gasteiger partial charge in [0, 0.05) is 25.0 Å². The Bertz CT molecular complexity index is 1230. The third kappa shape index (κ3) is 8.54. The molecule has 0 bridgehead atoms. The Morgan fingerprint density at radius 3 is 1.19 bits per heavy atom. The van der Waals surface area contributed by atoms with Crippen LogP contribution in [0.5, 0.6) is 11.5 Å². The van der Waals surface area contributed by atoms with Gasteiger partial charge < -0.3 is 18.9 Å². The monoisotopic (exact) mass is 566 g/mol. The minimum Gasteiger partial charge on any atom is -0.395 e. The molecule has 0 radical (unpaired) electrons. The molecule has 4 aromatic carbocycles. The number of carbonyl (C=O) groups excluding carboxylic acids is 1. The van der Waals surface area contributed by atoms with Gasteiger partial charge in [0.25, 0.3) is 0 Å². The second-order valence-electron chi connectivity index (χ2n) is 10.5. The van der Waals surface area contributed by atoms with Crippen LogP contribution in [0.3, 0.4) is 0 Å². The van der Waals surface area contributed by atoms with Crippen molar-refractivity contribution in [1.29, 1.82) is 0 Å². The van der Waals surface area contributed by atoms with Gasteiger partial charge in [0.2, 0.25) is 0 Å². The lowest BCUT2D eigenvalue weighted by Crippen LogP contribution is -2.21. The van der Waals surface area contributed by atoms with Gasteiger partial charge in [-0.1, -0.05) is 98.8 Å². The molecule has 4 atom stereocenters. The molecule has 5 heteroatoms. The van der Waals surface area contributed by atoms with Crippen molar-refractivity contribution in [2.45, 2.75) is 64.6 Å². The minimum atomic E-state index is -0.783. The lowest BCUT2D eigenvalue weighted by Gasteiger charge is -2.25. The molecule has 0 fully saturated rings. The summed E-state index contributed by atoms with van der Waals surface area (Å²) in [5.41, 5.74) is 4.54. The fraction of sp³-hybridized carbons (Fsp3) is 0.324. The zero-order valence-electron chi connectivity index (χ0n) is 25.1. The molecule has 0 saturated heterocycles. The normalized spacial score (nSPS) is 14.0. The van der Waals surface area contributed by atoms with Crippen LogP contribution in [-0.2, 0) is 9.47 Å². The molecule has 0 saturated carbocycles. The summed E-state index contributed by atoms with van der Waals surface area (Å²) in [6.45, 7) is 9.82. The Morgan fingerprint density at radius 1 is 0.524 bits per heavy atom. The van der Waals surface area contributed by atoms with Gasteiger partial charge in [-0.15, -0.1) is 0 Å². The average Bonchev–Trinajstić information content (AvgIpc) is 3.02. The summed E-state index contributed by atoms with van der Waals surface area (Å²) in [6, 6.07) is 35.7. The van der Waals surface area contributed by atoms with E-state index in [1.807, 2.05) is 60.7 Å². The zero-order chi connectivity index (χ0) is 29.7. The maximum Gasteiger partial charge on any atom is 0.519 e. The van der Waals surface area contributed by atoms with Crippen LogP contribution in [0, 0.1) is 0 Å². The topological polar surface area (TPSA) is 54.0 Å². The molecule has 4 rings (SSSR count). The first kappa shape index (κ1) is 31.0. The first-order valence-corrected chi connectivity index (χ1v) is 14.9. The van der Waals surface area contributed by atoms with Gasteiger partial charge in [-0.2, -0.15) is 0 Å². The van der Waals surface area contributed by atoms with Crippen LogP contribution >= 0.6 is 0 Å². The number of rotatable bonds is 14. The number of carbonyl (C=O) groups is 1. The molecule has 0 heterocycles. The van der Waals surface area contributed by atoms with Crippen LogP contribution in [-0.4, -0.2) is 31.6 Å². The van der Waals surface area contributed by atoms with E-state index in [2.05, 4.69) is 52.0 Å². The molecule has 42 heavy (non-hydrogen) atoms. The summed E-state index contributed by atoms with van der Waals surface area (Å²) in [6.07, 6.45) is 1.13. The van der Waals surface area contributed by atoms with E-state index in [-0.39, 0.29) is 24.0 Å². The average molecular weight is 567 g/mol. The van der Waals surface area contributed by atoms with Gasteiger partial charge in [-0.3, -0.25) is 0 Å². The van der Waals surface area contributed by atoms with Gasteiger partial charge in [0.05, 0.1) is 12.2 Å². The van der Waals surface area contributed by atoms with Crippen molar-refractivity contribution in [3.63, 3.8) is 0 Å². The van der Waals surface area contributed by atoms with Crippen LogP contribution in [0.2, 0.25) is 0 Å². The van der Waals surface area contributed by atoms with Gasteiger partial charge in [-0.25, -0.2) is 4.79 Å². The largest absolute Gasteiger partial charge is 0.519 e. The molecule has 4 unspecified atom stereocenters. The highest BCUT2D eigenvalue weighted by molar-refractivity contribution is 5.67. The molecule has 0 aliphatic heterocycles. The van der Waals surface area contributed by atoms with E-state index in [4.69, 9.17) is 18.9 Å². The molecule has 220 valence electrons. The number of hydrogen-bond donors (Lipinski definition) is 0. The van der Waals surface area contributed by atoms with E-state index in [0.29, 0.717) is 24.7 Å². The highest BCUT2D eigenvalue weighted by atomic mass is 16.7. The van der Waals surface area contributed by atoms with E-state index in [9.17, 15) is 4.79 Å². The fourth-order valence-electron chi connectivity index (χ4n) is 5.29. The maximum atomic E-state index is 12.6. The lowest BCUT2D eigenvalue weighted by atomic mass is 9.87. The fourth-order valence-corrected chi connectivity index (χ4v) is 5.29. The molecule has 0 aliphatic carbocycles. The van der Waals surface area contributed by atoms with E-state index < -0.39 is 6.16 Å². The van der Waals surface area contributed by atoms with Gasteiger partial charge in [-0.05, 0) is 73.2 Å². The molecular weight excluding hydrogens is 524 g/mol. The second-order valence-corrected chi connectivity index (χ2v) is 10.5. The van der Waals surface area contributed by atoms with Crippen molar-refractivity contribution < 1.29 is 23.7 Å². The Morgan fingerprint density at radius 2 is 0.857 bits per heavy atom. The molecule has 0 spiro atoms. The third-order valence-electron chi connectivity index (χ3n) is 7.31. The van der Waals surface area contributed by atoms with Crippen molar-refractivity contribution >= 4 is 6.16 Å². The molecule has 5 nitrogen and oxygen atoms in total. The summed E-state index contributed by atoms with van der Waals surface area (Å²) in [7, 11) is 0. The predicted molar refractivity (Wildman–Crippen MR) is 168 cm³/mol. The molecule has 0 aromatic heterocycles. The summed E-state index contributed by atoms with van der Waals surface area (Å²) in [5, 5.41) is 0.